The summed E-state index contributed by atoms with van der Waals surface area (Å²) in [5.74, 6) is -1.14. The second kappa shape index (κ2) is 8.41. The molecule has 0 fully saturated rings. The fourth-order valence-corrected chi connectivity index (χ4v) is 1.80. The maximum atomic E-state index is 11.7. The highest BCUT2D eigenvalue weighted by molar-refractivity contribution is 7.99. The van der Waals surface area contributed by atoms with E-state index in [9.17, 15) is 9.59 Å². The number of carboxylic acid groups (broad SMARTS) is 1. The largest absolute Gasteiger partial charge is 0.481 e. The minimum atomic E-state index is -0.947. The van der Waals surface area contributed by atoms with Gasteiger partial charge in [-0.2, -0.15) is 11.8 Å². The van der Waals surface area contributed by atoms with Crippen molar-refractivity contribution in [3.63, 3.8) is 0 Å². The number of rotatable bonds is 8. The molecule has 0 radical (unpaired) electrons. The zero-order valence-electron chi connectivity index (χ0n) is 9.95. The van der Waals surface area contributed by atoms with Crippen molar-refractivity contribution in [2.45, 2.75) is 31.1 Å². The van der Waals surface area contributed by atoms with Crippen molar-refractivity contribution in [3.8, 4) is 0 Å². The van der Waals surface area contributed by atoms with Crippen molar-refractivity contribution in [2.75, 3.05) is 19.8 Å². The van der Waals surface area contributed by atoms with Gasteiger partial charge in [0.05, 0.1) is 11.7 Å². The predicted molar refractivity (Wildman–Crippen MR) is 65.7 cm³/mol. The fraction of sp³-hybridized carbons (Fsp3) is 0.800. The van der Waals surface area contributed by atoms with Crippen molar-refractivity contribution in [3.05, 3.63) is 0 Å². The van der Waals surface area contributed by atoms with Gasteiger partial charge in [-0.25, -0.2) is 0 Å². The third-order valence-electron chi connectivity index (χ3n) is 2.15. The number of hydrogen-bond donors (Lipinski definition) is 3. The van der Waals surface area contributed by atoms with Crippen LogP contribution in [0, 0.1) is 0 Å². The molecule has 0 rings (SSSR count). The molecule has 6 heteroatoms. The van der Waals surface area contributed by atoms with E-state index in [1.807, 2.05) is 14.0 Å². The van der Waals surface area contributed by atoms with E-state index in [2.05, 4.69) is 10.6 Å². The van der Waals surface area contributed by atoms with Gasteiger partial charge >= 0.3 is 5.97 Å². The Morgan fingerprint density at radius 2 is 2.06 bits per heavy atom. The van der Waals surface area contributed by atoms with E-state index in [0.29, 0.717) is 0 Å². The molecule has 0 aliphatic heterocycles. The first-order valence-corrected chi connectivity index (χ1v) is 6.49. The second-order valence-electron chi connectivity index (χ2n) is 3.62. The van der Waals surface area contributed by atoms with Crippen LogP contribution in [0.25, 0.3) is 0 Å². The van der Waals surface area contributed by atoms with Crippen LogP contribution in [0.3, 0.4) is 0 Å². The Morgan fingerprint density at radius 3 is 2.50 bits per heavy atom. The molecule has 2 atom stereocenters. The Morgan fingerprint density at radius 1 is 1.44 bits per heavy atom. The van der Waals surface area contributed by atoms with Crippen LogP contribution in [0.4, 0.5) is 0 Å². The third kappa shape index (κ3) is 6.68. The molecule has 0 spiro atoms. The second-order valence-corrected chi connectivity index (χ2v) is 4.66. The quantitative estimate of drug-likeness (QED) is 0.576. The Kier molecular flexibility index (Phi) is 8.01. The molecular formula is C10H20N2O3S. The van der Waals surface area contributed by atoms with Gasteiger partial charge < -0.3 is 15.7 Å². The van der Waals surface area contributed by atoms with Crippen molar-refractivity contribution in [2.24, 2.45) is 0 Å². The average molecular weight is 248 g/mol. The molecule has 94 valence electrons. The minimum absolute atomic E-state index is 0.0587. The van der Waals surface area contributed by atoms with Crippen LogP contribution >= 0.6 is 11.8 Å². The third-order valence-corrected chi connectivity index (χ3v) is 3.10. The number of carbonyl (C=O) groups is 2. The standard InChI is InChI=1S/C10H20N2O3S/c1-7(4-5-11-2)12-10(15)8(16-3)6-9(13)14/h7-8,11H,4-6H2,1-3H3,(H,12,15)(H,13,14). The monoisotopic (exact) mass is 248 g/mol. The Hall–Kier alpha value is -0.750. The van der Waals surface area contributed by atoms with E-state index in [0.717, 1.165) is 13.0 Å². The van der Waals surface area contributed by atoms with Gasteiger partial charge in [0.1, 0.15) is 0 Å². The summed E-state index contributed by atoms with van der Waals surface area (Å²) in [7, 11) is 1.85. The summed E-state index contributed by atoms with van der Waals surface area (Å²) in [6, 6.07) is 0.0587. The highest BCUT2D eigenvalue weighted by Crippen LogP contribution is 2.11. The molecule has 16 heavy (non-hydrogen) atoms. The van der Waals surface area contributed by atoms with Crippen LogP contribution in [0.15, 0.2) is 0 Å². The van der Waals surface area contributed by atoms with Gasteiger partial charge in [-0.3, -0.25) is 9.59 Å². The molecule has 0 aromatic heterocycles. The molecule has 0 aromatic carbocycles. The van der Waals surface area contributed by atoms with Gasteiger partial charge in [-0.1, -0.05) is 0 Å². The number of carbonyl (C=O) groups excluding carboxylic acids is 1. The molecule has 0 heterocycles. The Balaban J connectivity index is 4.04. The molecular weight excluding hydrogens is 228 g/mol. The summed E-state index contributed by atoms with van der Waals surface area (Å²) < 4.78 is 0. The summed E-state index contributed by atoms with van der Waals surface area (Å²) >= 11 is 1.26. The molecule has 3 N–H and O–H groups in total. The number of nitrogens with one attached hydrogen (secondary N) is 2. The number of hydrogen-bond acceptors (Lipinski definition) is 4. The normalized spacial score (nSPS) is 14.2. The number of thioether (sulfide) groups is 1. The zero-order valence-corrected chi connectivity index (χ0v) is 10.8. The molecule has 2 unspecified atom stereocenters. The van der Waals surface area contributed by atoms with Crippen molar-refractivity contribution in [1.29, 1.82) is 0 Å². The SMILES string of the molecule is CNCCC(C)NC(=O)C(CC(=O)O)SC. The predicted octanol–water partition coefficient (Wildman–Crippen LogP) is 0.307. The topological polar surface area (TPSA) is 78.4 Å². The van der Waals surface area contributed by atoms with Crippen molar-refractivity contribution >= 4 is 23.6 Å². The minimum Gasteiger partial charge on any atom is -0.481 e. The molecule has 0 aliphatic rings. The van der Waals surface area contributed by atoms with Gasteiger partial charge in [0.15, 0.2) is 0 Å². The summed E-state index contributed by atoms with van der Waals surface area (Å²) in [5, 5.41) is 13.9. The molecule has 0 saturated carbocycles. The lowest BCUT2D eigenvalue weighted by Gasteiger charge is -2.17. The van der Waals surface area contributed by atoms with Crippen LogP contribution in [-0.4, -0.2) is 48.1 Å². The summed E-state index contributed by atoms with van der Waals surface area (Å²) in [6.45, 7) is 2.73. The number of amides is 1. The molecule has 0 saturated heterocycles. The fourth-order valence-electron chi connectivity index (χ4n) is 1.21. The van der Waals surface area contributed by atoms with E-state index in [-0.39, 0.29) is 18.4 Å². The lowest BCUT2D eigenvalue weighted by atomic mass is 10.2. The van der Waals surface area contributed by atoms with Gasteiger partial charge in [0.25, 0.3) is 0 Å². The van der Waals surface area contributed by atoms with Crippen LogP contribution in [0.5, 0.6) is 0 Å². The number of aliphatic carboxylic acids is 1. The Labute approximate surface area is 100 Å². The highest BCUT2D eigenvalue weighted by Gasteiger charge is 2.21. The average Bonchev–Trinajstić information content (AvgIpc) is 2.22. The molecule has 1 amide bonds. The summed E-state index contributed by atoms with van der Waals surface area (Å²) in [4.78, 5) is 22.2. The lowest BCUT2D eigenvalue weighted by molar-refractivity contribution is -0.138. The molecule has 0 aromatic rings. The van der Waals surface area contributed by atoms with Crippen LogP contribution in [-0.2, 0) is 9.59 Å². The Bertz CT molecular complexity index is 236. The van der Waals surface area contributed by atoms with Crippen LogP contribution in [0.2, 0.25) is 0 Å². The molecule has 5 nitrogen and oxygen atoms in total. The van der Waals surface area contributed by atoms with Crippen molar-refractivity contribution in [1.82, 2.24) is 10.6 Å². The first-order chi connectivity index (χ1) is 7.51. The first-order valence-electron chi connectivity index (χ1n) is 5.20. The van der Waals surface area contributed by atoms with E-state index in [4.69, 9.17) is 5.11 Å². The van der Waals surface area contributed by atoms with E-state index >= 15 is 0 Å². The maximum absolute atomic E-state index is 11.7. The van der Waals surface area contributed by atoms with Crippen LogP contribution in [0.1, 0.15) is 19.8 Å². The smallest absolute Gasteiger partial charge is 0.305 e. The highest BCUT2D eigenvalue weighted by atomic mass is 32.2. The molecule has 0 aliphatic carbocycles. The first kappa shape index (κ1) is 15.2. The molecule has 0 bridgehead atoms. The maximum Gasteiger partial charge on any atom is 0.305 e. The van der Waals surface area contributed by atoms with Gasteiger partial charge in [0, 0.05) is 6.04 Å². The van der Waals surface area contributed by atoms with Crippen LogP contribution < -0.4 is 10.6 Å². The van der Waals surface area contributed by atoms with Gasteiger partial charge in [0.2, 0.25) is 5.91 Å². The van der Waals surface area contributed by atoms with Gasteiger partial charge in [-0.05, 0) is 33.2 Å². The van der Waals surface area contributed by atoms with E-state index in [1.165, 1.54) is 11.8 Å². The van der Waals surface area contributed by atoms with E-state index in [1.54, 1.807) is 6.26 Å². The van der Waals surface area contributed by atoms with Crippen molar-refractivity contribution < 1.29 is 14.7 Å². The number of carboxylic acids is 1. The van der Waals surface area contributed by atoms with Gasteiger partial charge in [-0.15, -0.1) is 0 Å². The lowest BCUT2D eigenvalue weighted by Crippen LogP contribution is -2.40. The zero-order chi connectivity index (χ0) is 12.6. The van der Waals surface area contributed by atoms with E-state index < -0.39 is 11.2 Å². The summed E-state index contributed by atoms with van der Waals surface area (Å²) in [5.41, 5.74) is 0. The summed E-state index contributed by atoms with van der Waals surface area (Å²) in [6.07, 6.45) is 2.44.